The summed E-state index contributed by atoms with van der Waals surface area (Å²) in [4.78, 5) is 10.7. The van der Waals surface area contributed by atoms with E-state index in [9.17, 15) is 0 Å². The molecule has 58 heavy (non-hydrogen) atoms. The highest BCUT2D eigenvalue weighted by Gasteiger charge is 2.17. The van der Waals surface area contributed by atoms with Gasteiger partial charge >= 0.3 is 0 Å². The molecule has 0 amide bonds. The van der Waals surface area contributed by atoms with Gasteiger partial charge in [-0.15, -0.1) is 0 Å². The minimum absolute atomic E-state index is 0.912. The van der Waals surface area contributed by atoms with Crippen LogP contribution in [-0.2, 0) is 0 Å². The number of pyridine rings is 2. The quantitative estimate of drug-likeness (QED) is 0.159. The standard InChI is InChI=1S/C56H36N2/c1-3-16-37(17-4-1)51-33-45(55-47-26-11-7-20-39(47)30-40-21-8-12-27-48(40)55)35-53(57-51)43-24-15-25-44(32-43)54-36-46(34-52(58-54)38-18-5-2-6-19-38)56-49-28-13-9-22-41(49)31-42-23-10-14-29-50(42)56/h1-36H. The van der Waals surface area contributed by atoms with Crippen molar-refractivity contribution in [2.24, 2.45) is 0 Å². The van der Waals surface area contributed by atoms with Crippen LogP contribution in [0.4, 0.5) is 0 Å². The molecular formula is C56H36N2. The fourth-order valence-corrected chi connectivity index (χ4v) is 8.65. The molecule has 0 aliphatic heterocycles. The fraction of sp³-hybridized carbons (Fsp3) is 0. The van der Waals surface area contributed by atoms with E-state index in [2.05, 4.69) is 218 Å². The van der Waals surface area contributed by atoms with Crippen molar-refractivity contribution in [1.82, 2.24) is 9.97 Å². The van der Waals surface area contributed by atoms with E-state index in [-0.39, 0.29) is 0 Å². The zero-order valence-electron chi connectivity index (χ0n) is 31.7. The van der Waals surface area contributed by atoms with Crippen LogP contribution >= 0.6 is 0 Å². The van der Waals surface area contributed by atoms with E-state index in [0.29, 0.717) is 0 Å². The average molecular weight is 737 g/mol. The number of aromatic nitrogens is 2. The van der Waals surface area contributed by atoms with Crippen molar-refractivity contribution in [3.8, 4) is 67.3 Å². The average Bonchev–Trinajstić information content (AvgIpc) is 3.30. The lowest BCUT2D eigenvalue weighted by atomic mass is 9.90. The van der Waals surface area contributed by atoms with Gasteiger partial charge in [0, 0.05) is 22.3 Å². The summed E-state index contributed by atoms with van der Waals surface area (Å²) < 4.78 is 0. The van der Waals surface area contributed by atoms with Gasteiger partial charge in [-0.05, 0) is 108 Å². The minimum atomic E-state index is 0.912. The number of hydrogen-bond acceptors (Lipinski definition) is 2. The summed E-state index contributed by atoms with van der Waals surface area (Å²) in [7, 11) is 0. The van der Waals surface area contributed by atoms with E-state index in [0.717, 1.165) is 56.2 Å². The topological polar surface area (TPSA) is 25.8 Å². The van der Waals surface area contributed by atoms with E-state index >= 15 is 0 Å². The number of nitrogens with zero attached hydrogens (tertiary/aromatic N) is 2. The van der Waals surface area contributed by atoms with Crippen LogP contribution in [0.1, 0.15) is 0 Å². The van der Waals surface area contributed by atoms with Crippen LogP contribution in [0.3, 0.4) is 0 Å². The maximum atomic E-state index is 5.37. The largest absolute Gasteiger partial charge is 0.248 e. The van der Waals surface area contributed by atoms with Crippen LogP contribution in [0, 0.1) is 0 Å². The van der Waals surface area contributed by atoms with Crippen molar-refractivity contribution in [3.63, 3.8) is 0 Å². The lowest BCUT2D eigenvalue weighted by Crippen LogP contribution is -1.95. The van der Waals surface area contributed by atoms with Crippen molar-refractivity contribution in [2.75, 3.05) is 0 Å². The Labute approximate surface area is 337 Å². The third-order valence-corrected chi connectivity index (χ3v) is 11.4. The first-order chi connectivity index (χ1) is 28.7. The Hall–Kier alpha value is -7.68. The molecule has 0 aliphatic rings. The van der Waals surface area contributed by atoms with Crippen molar-refractivity contribution < 1.29 is 0 Å². The molecular weight excluding hydrogens is 701 g/mol. The molecule has 0 spiro atoms. The molecule has 0 radical (unpaired) electrons. The van der Waals surface area contributed by atoms with E-state index in [1.807, 2.05) is 0 Å². The van der Waals surface area contributed by atoms with Crippen LogP contribution in [0.2, 0.25) is 0 Å². The molecule has 0 atom stereocenters. The maximum absolute atomic E-state index is 5.37. The van der Waals surface area contributed by atoms with E-state index in [1.54, 1.807) is 0 Å². The molecule has 0 saturated heterocycles. The molecule has 0 fully saturated rings. The SMILES string of the molecule is c1ccc(-c2cc(-c3c4ccccc4cc4ccccc34)cc(-c3cccc(-c4cc(-c5c6ccccc6cc6ccccc56)cc(-c5ccccc5)n4)c3)n2)cc1. The number of fused-ring (bicyclic) bond motifs is 4. The van der Waals surface area contributed by atoms with Crippen LogP contribution < -0.4 is 0 Å². The summed E-state index contributed by atoms with van der Waals surface area (Å²) in [6.45, 7) is 0. The van der Waals surface area contributed by atoms with Gasteiger partial charge in [0.2, 0.25) is 0 Å². The van der Waals surface area contributed by atoms with Crippen LogP contribution in [0.5, 0.6) is 0 Å². The molecule has 0 aliphatic carbocycles. The second kappa shape index (κ2) is 14.1. The molecule has 2 aromatic heterocycles. The Balaban J connectivity index is 1.13. The summed E-state index contributed by atoms with van der Waals surface area (Å²) in [5.74, 6) is 0. The second-order valence-corrected chi connectivity index (χ2v) is 15.0. The Kier molecular flexibility index (Phi) is 8.19. The van der Waals surface area contributed by atoms with Crippen LogP contribution in [-0.4, -0.2) is 9.97 Å². The van der Waals surface area contributed by atoms with Gasteiger partial charge in [0.15, 0.2) is 0 Å². The highest BCUT2D eigenvalue weighted by molar-refractivity contribution is 6.14. The molecule has 11 aromatic rings. The van der Waals surface area contributed by atoms with Gasteiger partial charge in [0.05, 0.1) is 22.8 Å². The molecule has 2 heterocycles. The highest BCUT2D eigenvalue weighted by Crippen LogP contribution is 2.42. The molecule has 9 aromatic carbocycles. The Morgan fingerprint density at radius 3 is 0.862 bits per heavy atom. The van der Waals surface area contributed by atoms with Gasteiger partial charge in [-0.3, -0.25) is 0 Å². The zero-order chi connectivity index (χ0) is 38.4. The van der Waals surface area contributed by atoms with Crippen LogP contribution in [0.25, 0.3) is 110 Å². The smallest absolute Gasteiger partial charge is 0.0715 e. The van der Waals surface area contributed by atoms with Gasteiger partial charge in [0.25, 0.3) is 0 Å². The maximum Gasteiger partial charge on any atom is 0.0715 e. The Morgan fingerprint density at radius 1 is 0.207 bits per heavy atom. The Morgan fingerprint density at radius 2 is 0.500 bits per heavy atom. The fourth-order valence-electron chi connectivity index (χ4n) is 8.65. The predicted octanol–water partition coefficient (Wildman–Crippen LogP) is 15.1. The monoisotopic (exact) mass is 736 g/mol. The third-order valence-electron chi connectivity index (χ3n) is 11.4. The molecule has 270 valence electrons. The summed E-state index contributed by atoms with van der Waals surface area (Å²) in [5, 5.41) is 9.77. The zero-order valence-corrected chi connectivity index (χ0v) is 31.7. The molecule has 2 nitrogen and oxygen atoms in total. The summed E-state index contributed by atoms with van der Waals surface area (Å²) >= 11 is 0. The molecule has 0 bridgehead atoms. The van der Waals surface area contributed by atoms with Gasteiger partial charge in [-0.25, -0.2) is 9.97 Å². The summed E-state index contributed by atoms with van der Waals surface area (Å²) in [5.41, 5.74) is 12.6. The normalized spacial score (nSPS) is 11.4. The first-order valence-electron chi connectivity index (χ1n) is 19.8. The lowest BCUT2D eigenvalue weighted by molar-refractivity contribution is 1.31. The van der Waals surface area contributed by atoms with Gasteiger partial charge < -0.3 is 0 Å². The van der Waals surface area contributed by atoms with E-state index in [1.165, 1.54) is 54.2 Å². The van der Waals surface area contributed by atoms with Crippen molar-refractivity contribution in [1.29, 1.82) is 0 Å². The van der Waals surface area contributed by atoms with Gasteiger partial charge in [-0.2, -0.15) is 0 Å². The molecule has 11 rings (SSSR count). The third kappa shape index (κ3) is 6.00. The number of hydrogen-bond donors (Lipinski definition) is 0. The van der Waals surface area contributed by atoms with Crippen LogP contribution in [0.15, 0.2) is 218 Å². The second-order valence-electron chi connectivity index (χ2n) is 15.0. The first-order valence-corrected chi connectivity index (χ1v) is 19.8. The summed E-state index contributed by atoms with van der Waals surface area (Å²) in [6.07, 6.45) is 0. The summed E-state index contributed by atoms with van der Waals surface area (Å²) in [6, 6.07) is 78.2. The van der Waals surface area contributed by atoms with E-state index < -0.39 is 0 Å². The molecule has 0 unspecified atom stereocenters. The highest BCUT2D eigenvalue weighted by atomic mass is 14.7. The predicted molar refractivity (Wildman–Crippen MR) is 245 cm³/mol. The van der Waals surface area contributed by atoms with Crippen molar-refractivity contribution in [2.45, 2.75) is 0 Å². The van der Waals surface area contributed by atoms with Crippen molar-refractivity contribution in [3.05, 3.63) is 218 Å². The number of rotatable bonds is 6. The van der Waals surface area contributed by atoms with Gasteiger partial charge in [-0.1, -0.05) is 176 Å². The molecule has 0 saturated carbocycles. The molecule has 0 N–H and O–H groups in total. The lowest BCUT2D eigenvalue weighted by Gasteiger charge is -2.16. The first kappa shape index (κ1) is 33.6. The Bertz CT molecular complexity index is 3000. The van der Waals surface area contributed by atoms with Crippen molar-refractivity contribution >= 4 is 43.1 Å². The van der Waals surface area contributed by atoms with E-state index in [4.69, 9.17) is 9.97 Å². The minimum Gasteiger partial charge on any atom is -0.248 e. The number of benzene rings is 9. The molecule has 2 heteroatoms. The van der Waals surface area contributed by atoms with Gasteiger partial charge in [0.1, 0.15) is 0 Å².